The Morgan fingerprint density at radius 1 is 1.29 bits per heavy atom. The Morgan fingerprint density at radius 2 is 2.12 bits per heavy atom. The Labute approximate surface area is 108 Å². The van der Waals surface area contributed by atoms with Gasteiger partial charge in [0.05, 0.1) is 18.5 Å². The molecule has 3 N–H and O–H groups in total. The highest BCUT2D eigenvalue weighted by molar-refractivity contribution is 9.10. The van der Waals surface area contributed by atoms with Crippen molar-refractivity contribution in [1.29, 1.82) is 0 Å². The highest BCUT2D eigenvalue weighted by Crippen LogP contribution is 2.30. The number of hydrogen-bond acceptors (Lipinski definition) is 4. The van der Waals surface area contributed by atoms with E-state index in [0.717, 1.165) is 21.6 Å². The van der Waals surface area contributed by atoms with Gasteiger partial charge in [-0.2, -0.15) is 0 Å². The number of nitrogens with one attached hydrogen (secondary N) is 1. The molecular weight excluding hydrogens is 282 g/mol. The largest absolute Gasteiger partial charge is 0.497 e. The van der Waals surface area contributed by atoms with E-state index in [4.69, 9.17) is 10.5 Å². The molecule has 2 aromatic rings. The number of nitrogens with zero attached hydrogens (tertiary/aromatic N) is 1. The number of hydrogen-bond donors (Lipinski definition) is 2. The SMILES string of the molecule is COc1ccc(Br)c(Nc2cccnc2N)c1. The van der Waals surface area contributed by atoms with Crippen molar-refractivity contribution in [2.24, 2.45) is 0 Å². The van der Waals surface area contributed by atoms with Crippen LogP contribution in [0, 0.1) is 0 Å². The van der Waals surface area contributed by atoms with Crippen molar-refractivity contribution in [1.82, 2.24) is 4.98 Å². The molecule has 0 aliphatic carbocycles. The zero-order valence-corrected chi connectivity index (χ0v) is 10.9. The van der Waals surface area contributed by atoms with Gasteiger partial charge < -0.3 is 15.8 Å². The molecule has 1 aromatic heterocycles. The van der Waals surface area contributed by atoms with Crippen LogP contribution in [0.2, 0.25) is 0 Å². The normalized spacial score (nSPS) is 10.0. The summed E-state index contributed by atoms with van der Waals surface area (Å²) in [6.45, 7) is 0. The predicted molar refractivity (Wildman–Crippen MR) is 72.6 cm³/mol. The van der Waals surface area contributed by atoms with E-state index in [1.165, 1.54) is 0 Å². The molecule has 17 heavy (non-hydrogen) atoms. The first-order valence-electron chi connectivity index (χ1n) is 5.02. The van der Waals surface area contributed by atoms with Crippen molar-refractivity contribution in [3.05, 3.63) is 41.0 Å². The van der Waals surface area contributed by atoms with Crippen LogP contribution < -0.4 is 15.8 Å². The summed E-state index contributed by atoms with van der Waals surface area (Å²) in [5.74, 6) is 1.24. The minimum absolute atomic E-state index is 0.460. The van der Waals surface area contributed by atoms with Crippen molar-refractivity contribution in [3.63, 3.8) is 0 Å². The third kappa shape index (κ3) is 2.68. The number of methoxy groups -OCH3 is 1. The highest BCUT2D eigenvalue weighted by atomic mass is 79.9. The van der Waals surface area contributed by atoms with Gasteiger partial charge in [0.1, 0.15) is 11.6 Å². The zero-order chi connectivity index (χ0) is 12.3. The second-order valence-electron chi connectivity index (χ2n) is 3.41. The molecule has 0 bridgehead atoms. The van der Waals surface area contributed by atoms with E-state index in [2.05, 4.69) is 26.2 Å². The summed E-state index contributed by atoms with van der Waals surface area (Å²) in [6.07, 6.45) is 1.65. The molecule has 0 saturated heterocycles. The van der Waals surface area contributed by atoms with Crippen molar-refractivity contribution in [3.8, 4) is 5.75 Å². The van der Waals surface area contributed by atoms with Gasteiger partial charge in [0.15, 0.2) is 0 Å². The van der Waals surface area contributed by atoms with Crippen LogP contribution in [0.4, 0.5) is 17.2 Å². The average Bonchev–Trinajstić information content (AvgIpc) is 2.35. The summed E-state index contributed by atoms with van der Waals surface area (Å²) < 4.78 is 6.10. The van der Waals surface area contributed by atoms with Crippen LogP contribution in [0.1, 0.15) is 0 Å². The van der Waals surface area contributed by atoms with E-state index < -0.39 is 0 Å². The van der Waals surface area contributed by atoms with Gasteiger partial charge >= 0.3 is 0 Å². The first-order valence-corrected chi connectivity index (χ1v) is 5.81. The molecule has 0 fully saturated rings. The summed E-state index contributed by atoms with van der Waals surface area (Å²) in [5, 5.41) is 3.20. The Kier molecular flexibility index (Phi) is 3.49. The average molecular weight is 294 g/mol. The van der Waals surface area contributed by atoms with Gasteiger partial charge in [-0.3, -0.25) is 0 Å². The summed E-state index contributed by atoms with van der Waals surface area (Å²) >= 11 is 3.46. The van der Waals surface area contributed by atoms with Gasteiger partial charge in [0.25, 0.3) is 0 Å². The van der Waals surface area contributed by atoms with Crippen molar-refractivity contribution in [2.45, 2.75) is 0 Å². The summed E-state index contributed by atoms with van der Waals surface area (Å²) in [7, 11) is 1.63. The van der Waals surface area contributed by atoms with E-state index >= 15 is 0 Å². The number of halogens is 1. The van der Waals surface area contributed by atoms with Crippen molar-refractivity contribution in [2.75, 3.05) is 18.2 Å². The van der Waals surface area contributed by atoms with Gasteiger partial charge in [0, 0.05) is 16.7 Å². The minimum atomic E-state index is 0.460. The van der Waals surface area contributed by atoms with Crippen LogP contribution >= 0.6 is 15.9 Å². The molecule has 88 valence electrons. The van der Waals surface area contributed by atoms with Crippen LogP contribution in [0.5, 0.6) is 5.75 Å². The third-order valence-electron chi connectivity index (χ3n) is 2.28. The molecule has 0 unspecified atom stereocenters. The third-order valence-corrected chi connectivity index (χ3v) is 2.97. The van der Waals surface area contributed by atoms with Crippen LogP contribution in [0.25, 0.3) is 0 Å². The molecule has 0 atom stereocenters. The Balaban J connectivity index is 2.32. The van der Waals surface area contributed by atoms with Crippen LogP contribution in [-0.2, 0) is 0 Å². The number of nitrogens with two attached hydrogens (primary N) is 1. The summed E-state index contributed by atoms with van der Waals surface area (Å²) in [6, 6.07) is 9.37. The molecule has 0 saturated carbocycles. The molecule has 4 nitrogen and oxygen atoms in total. The van der Waals surface area contributed by atoms with Crippen LogP contribution in [0.15, 0.2) is 41.0 Å². The first kappa shape index (κ1) is 11.7. The van der Waals surface area contributed by atoms with Gasteiger partial charge in [-0.15, -0.1) is 0 Å². The highest BCUT2D eigenvalue weighted by Gasteiger charge is 2.04. The Morgan fingerprint density at radius 3 is 2.82 bits per heavy atom. The molecule has 1 heterocycles. The Bertz CT molecular complexity index is 531. The van der Waals surface area contributed by atoms with Gasteiger partial charge in [-0.1, -0.05) is 0 Å². The second kappa shape index (κ2) is 5.05. The first-order chi connectivity index (χ1) is 8.20. The molecule has 5 heteroatoms. The monoisotopic (exact) mass is 293 g/mol. The zero-order valence-electron chi connectivity index (χ0n) is 9.27. The fourth-order valence-electron chi connectivity index (χ4n) is 1.40. The van der Waals surface area contributed by atoms with E-state index in [9.17, 15) is 0 Å². The molecule has 0 aliphatic rings. The van der Waals surface area contributed by atoms with Crippen molar-refractivity contribution >= 4 is 33.1 Å². The number of ether oxygens (including phenoxy) is 1. The number of aromatic nitrogens is 1. The van der Waals surface area contributed by atoms with Gasteiger partial charge in [-0.05, 0) is 40.2 Å². The number of anilines is 3. The second-order valence-corrected chi connectivity index (χ2v) is 4.26. The standard InChI is InChI=1S/C12H12BrN3O/c1-17-8-4-5-9(13)11(7-8)16-10-3-2-6-15-12(10)14/h2-7,16H,1H3,(H2,14,15). The lowest BCUT2D eigenvalue weighted by Gasteiger charge is -2.11. The van der Waals surface area contributed by atoms with E-state index in [0.29, 0.717) is 5.82 Å². The fourth-order valence-corrected chi connectivity index (χ4v) is 1.74. The predicted octanol–water partition coefficient (Wildman–Crippen LogP) is 3.18. The minimum Gasteiger partial charge on any atom is -0.497 e. The number of rotatable bonds is 3. The number of benzene rings is 1. The smallest absolute Gasteiger partial charge is 0.147 e. The summed E-state index contributed by atoms with van der Waals surface area (Å²) in [4.78, 5) is 4.02. The maximum atomic E-state index is 5.77. The molecule has 0 radical (unpaired) electrons. The van der Waals surface area contributed by atoms with Crippen LogP contribution in [-0.4, -0.2) is 12.1 Å². The molecule has 0 spiro atoms. The van der Waals surface area contributed by atoms with Gasteiger partial charge in [0.2, 0.25) is 0 Å². The van der Waals surface area contributed by atoms with E-state index in [1.807, 2.05) is 30.3 Å². The molecule has 1 aromatic carbocycles. The molecule has 2 rings (SSSR count). The van der Waals surface area contributed by atoms with Crippen LogP contribution in [0.3, 0.4) is 0 Å². The van der Waals surface area contributed by atoms with E-state index in [-0.39, 0.29) is 0 Å². The van der Waals surface area contributed by atoms with Crippen molar-refractivity contribution < 1.29 is 4.74 Å². The number of pyridine rings is 1. The molecule has 0 aliphatic heterocycles. The molecular formula is C12H12BrN3O. The van der Waals surface area contributed by atoms with E-state index in [1.54, 1.807) is 13.3 Å². The quantitative estimate of drug-likeness (QED) is 0.912. The van der Waals surface area contributed by atoms with Gasteiger partial charge in [-0.25, -0.2) is 4.98 Å². The lowest BCUT2D eigenvalue weighted by Crippen LogP contribution is -1.99. The topological polar surface area (TPSA) is 60.2 Å². The lowest BCUT2D eigenvalue weighted by molar-refractivity contribution is 0.415. The lowest BCUT2D eigenvalue weighted by atomic mass is 10.3. The molecule has 0 amide bonds. The maximum absolute atomic E-state index is 5.77. The maximum Gasteiger partial charge on any atom is 0.147 e. The number of nitrogen functional groups attached to an aromatic ring is 1. The summed E-state index contributed by atoms with van der Waals surface area (Å²) in [5.41, 5.74) is 7.41. The fraction of sp³-hybridized carbons (Fsp3) is 0.0833. The Hall–Kier alpha value is -1.75.